The van der Waals surface area contributed by atoms with Crippen molar-refractivity contribution in [1.82, 2.24) is 4.90 Å². The van der Waals surface area contributed by atoms with Gasteiger partial charge in [-0.15, -0.1) is 0 Å². The SMILES string of the molecule is C/C1=C\CC/C(CO)=C/[C@@H](O)[C@H]([C@@H](CN2CCC[C@@H]2C(=O)O)C(=O)O)[C@H](OC(=O)[C@@H](C)CO)C1. The van der Waals surface area contributed by atoms with Crippen molar-refractivity contribution in [2.45, 2.75) is 64.2 Å². The normalized spacial score (nSPS) is 31.4. The van der Waals surface area contributed by atoms with Gasteiger partial charge in [0.15, 0.2) is 0 Å². The van der Waals surface area contributed by atoms with Crippen LogP contribution in [0, 0.1) is 17.8 Å². The quantitative estimate of drug-likeness (QED) is 0.234. The topological polar surface area (TPSA) is 165 Å². The molecule has 0 aromatic heterocycles. The van der Waals surface area contributed by atoms with Gasteiger partial charge in [-0.2, -0.15) is 0 Å². The fourth-order valence-corrected chi connectivity index (χ4v) is 4.73. The number of aliphatic hydroxyl groups excluding tert-OH is 3. The molecule has 0 radical (unpaired) electrons. The summed E-state index contributed by atoms with van der Waals surface area (Å²) in [6.07, 6.45) is 3.22. The molecule has 0 aromatic carbocycles. The summed E-state index contributed by atoms with van der Waals surface area (Å²) < 4.78 is 5.68. The lowest BCUT2D eigenvalue weighted by molar-refractivity contribution is -0.166. The smallest absolute Gasteiger partial charge is 0.320 e. The molecule has 0 amide bonds. The molecular formula is C24H37NO9. The van der Waals surface area contributed by atoms with Gasteiger partial charge in [0.2, 0.25) is 0 Å². The molecule has 6 atom stereocenters. The van der Waals surface area contributed by atoms with Crippen molar-refractivity contribution in [3.63, 3.8) is 0 Å². The van der Waals surface area contributed by atoms with E-state index < -0.39 is 60.5 Å². The van der Waals surface area contributed by atoms with Crippen LogP contribution < -0.4 is 0 Å². The van der Waals surface area contributed by atoms with Crippen LogP contribution in [0.15, 0.2) is 23.3 Å². The van der Waals surface area contributed by atoms with E-state index in [2.05, 4.69) is 0 Å². The Labute approximate surface area is 199 Å². The van der Waals surface area contributed by atoms with Gasteiger partial charge < -0.3 is 30.3 Å². The van der Waals surface area contributed by atoms with Crippen molar-refractivity contribution >= 4 is 17.9 Å². The molecule has 5 N–H and O–H groups in total. The largest absolute Gasteiger partial charge is 0.481 e. The number of rotatable bonds is 9. The Hall–Kier alpha value is -2.27. The Morgan fingerprint density at radius 3 is 2.53 bits per heavy atom. The monoisotopic (exact) mass is 483 g/mol. The predicted molar refractivity (Wildman–Crippen MR) is 122 cm³/mol. The van der Waals surface area contributed by atoms with Gasteiger partial charge in [-0.1, -0.05) is 17.7 Å². The molecule has 0 saturated carbocycles. The standard InChI is InChI=1S/C24H37NO9/c1-14-5-3-6-16(13-27)10-19(28)21(20(9-14)34-24(33)15(2)12-26)17(22(29)30)11-25-8-4-7-18(25)23(31)32/h5,10,15,17-21,26-28H,3-4,6-9,11-13H2,1-2H3,(H,29,30)(H,31,32)/b14-5+,16-10-/t15-,17+,18+,19+,20+,21-/m0/s1. The number of hydrogen-bond acceptors (Lipinski definition) is 8. The lowest BCUT2D eigenvalue weighted by atomic mass is 9.78. The summed E-state index contributed by atoms with van der Waals surface area (Å²) in [6.45, 7) is 2.82. The maximum absolute atomic E-state index is 12.6. The molecule has 0 aromatic rings. The molecule has 0 bridgehead atoms. The van der Waals surface area contributed by atoms with Crippen molar-refractivity contribution in [1.29, 1.82) is 0 Å². The molecule has 10 heteroatoms. The van der Waals surface area contributed by atoms with Crippen LogP contribution in [0.25, 0.3) is 0 Å². The molecule has 2 rings (SSSR count). The molecule has 1 aliphatic carbocycles. The van der Waals surface area contributed by atoms with E-state index in [0.717, 1.165) is 5.57 Å². The van der Waals surface area contributed by atoms with Crippen LogP contribution in [-0.2, 0) is 19.1 Å². The Bertz CT molecular complexity index is 793. The van der Waals surface area contributed by atoms with Crippen molar-refractivity contribution in [3.8, 4) is 0 Å². The summed E-state index contributed by atoms with van der Waals surface area (Å²) in [5.41, 5.74) is 1.37. The highest BCUT2D eigenvalue weighted by atomic mass is 16.5. The van der Waals surface area contributed by atoms with Crippen LogP contribution in [0.4, 0.5) is 0 Å². The maximum atomic E-state index is 12.6. The number of nitrogens with zero attached hydrogens (tertiary/aromatic N) is 1. The first-order valence-electron chi connectivity index (χ1n) is 11.7. The Balaban J connectivity index is 2.50. The Morgan fingerprint density at radius 1 is 1.24 bits per heavy atom. The zero-order chi connectivity index (χ0) is 25.4. The maximum Gasteiger partial charge on any atom is 0.320 e. The highest BCUT2D eigenvalue weighted by Crippen LogP contribution is 2.33. The summed E-state index contributed by atoms with van der Waals surface area (Å²) in [5, 5.41) is 50.0. The number of allylic oxidation sites excluding steroid dienone is 1. The second kappa shape index (κ2) is 13.0. The van der Waals surface area contributed by atoms with Crippen LogP contribution >= 0.6 is 0 Å². The van der Waals surface area contributed by atoms with Gasteiger partial charge in [0, 0.05) is 18.9 Å². The first kappa shape index (κ1) is 28.0. The lowest BCUT2D eigenvalue weighted by Crippen LogP contribution is -2.49. The van der Waals surface area contributed by atoms with E-state index >= 15 is 0 Å². The molecular weight excluding hydrogens is 446 g/mol. The summed E-state index contributed by atoms with van der Waals surface area (Å²) in [4.78, 5) is 38.3. The molecule has 1 saturated heterocycles. The van der Waals surface area contributed by atoms with Crippen molar-refractivity contribution < 1.29 is 44.7 Å². The van der Waals surface area contributed by atoms with E-state index in [1.807, 2.05) is 13.0 Å². The molecule has 0 spiro atoms. The van der Waals surface area contributed by atoms with E-state index in [0.29, 0.717) is 37.8 Å². The number of aliphatic hydroxyl groups is 3. The third-order valence-corrected chi connectivity index (χ3v) is 6.72. The van der Waals surface area contributed by atoms with Gasteiger partial charge in [0.1, 0.15) is 12.1 Å². The molecule has 192 valence electrons. The van der Waals surface area contributed by atoms with E-state index in [1.165, 1.54) is 13.0 Å². The highest BCUT2D eigenvalue weighted by molar-refractivity contribution is 5.75. The number of likely N-dealkylation sites (tertiary alicyclic amines) is 1. The fourth-order valence-electron chi connectivity index (χ4n) is 4.73. The average molecular weight is 484 g/mol. The van der Waals surface area contributed by atoms with Gasteiger partial charge >= 0.3 is 17.9 Å². The number of esters is 1. The van der Waals surface area contributed by atoms with Gasteiger partial charge in [0.05, 0.1) is 31.2 Å². The molecule has 1 aliphatic heterocycles. The van der Waals surface area contributed by atoms with Gasteiger partial charge in [-0.25, -0.2) is 0 Å². The van der Waals surface area contributed by atoms with Crippen molar-refractivity contribution in [2.75, 3.05) is 26.3 Å². The zero-order valence-corrected chi connectivity index (χ0v) is 19.8. The van der Waals surface area contributed by atoms with Gasteiger partial charge in [0.25, 0.3) is 0 Å². The highest BCUT2D eigenvalue weighted by Gasteiger charge is 2.44. The van der Waals surface area contributed by atoms with Crippen molar-refractivity contribution in [3.05, 3.63) is 23.3 Å². The number of carbonyl (C=O) groups excluding carboxylic acids is 1. The first-order valence-corrected chi connectivity index (χ1v) is 11.7. The third-order valence-electron chi connectivity index (χ3n) is 6.72. The minimum Gasteiger partial charge on any atom is -0.481 e. The minimum absolute atomic E-state index is 0.136. The van der Waals surface area contributed by atoms with Crippen LogP contribution in [0.5, 0.6) is 0 Å². The van der Waals surface area contributed by atoms with E-state index in [4.69, 9.17) is 4.74 Å². The van der Waals surface area contributed by atoms with E-state index in [9.17, 15) is 39.9 Å². The average Bonchev–Trinajstić information content (AvgIpc) is 3.25. The summed E-state index contributed by atoms with van der Waals surface area (Å²) in [5.74, 6) is -6.18. The summed E-state index contributed by atoms with van der Waals surface area (Å²) >= 11 is 0. The van der Waals surface area contributed by atoms with Crippen LogP contribution in [-0.4, -0.2) is 92.9 Å². The number of aliphatic carboxylic acids is 2. The van der Waals surface area contributed by atoms with Gasteiger partial charge in [-0.05, 0) is 51.6 Å². The van der Waals surface area contributed by atoms with Crippen molar-refractivity contribution in [2.24, 2.45) is 17.8 Å². The fraction of sp³-hybridized carbons (Fsp3) is 0.708. The van der Waals surface area contributed by atoms with E-state index in [1.54, 1.807) is 4.90 Å². The molecule has 0 unspecified atom stereocenters. The van der Waals surface area contributed by atoms with E-state index in [-0.39, 0.29) is 19.6 Å². The molecule has 34 heavy (non-hydrogen) atoms. The number of carbonyl (C=O) groups is 3. The zero-order valence-electron chi connectivity index (χ0n) is 19.8. The summed E-state index contributed by atoms with van der Waals surface area (Å²) in [6, 6.07) is -0.820. The first-order chi connectivity index (χ1) is 16.1. The molecule has 2 aliphatic rings. The van der Waals surface area contributed by atoms with Crippen LogP contribution in [0.2, 0.25) is 0 Å². The number of hydrogen-bond donors (Lipinski definition) is 5. The lowest BCUT2D eigenvalue weighted by Gasteiger charge is -2.37. The van der Waals surface area contributed by atoms with Gasteiger partial charge in [-0.3, -0.25) is 19.3 Å². The third kappa shape index (κ3) is 7.36. The molecule has 1 heterocycles. The number of carboxylic acids is 2. The predicted octanol–water partition coefficient (Wildman–Crippen LogP) is 0.802. The second-order valence-corrected chi connectivity index (χ2v) is 9.34. The number of ether oxygens (including phenoxy) is 1. The second-order valence-electron chi connectivity index (χ2n) is 9.34. The van der Waals surface area contributed by atoms with Crippen LogP contribution in [0.1, 0.15) is 46.0 Å². The Morgan fingerprint density at radius 2 is 1.94 bits per heavy atom. The Kier molecular flexibility index (Phi) is 10.7. The summed E-state index contributed by atoms with van der Waals surface area (Å²) in [7, 11) is 0. The minimum atomic E-state index is -1.36. The van der Waals surface area contributed by atoms with Crippen LogP contribution in [0.3, 0.4) is 0 Å². The number of carboxylic acid groups (broad SMARTS) is 2. The molecule has 1 fully saturated rings. The molecule has 10 nitrogen and oxygen atoms in total.